The van der Waals surface area contributed by atoms with Gasteiger partial charge in [0.15, 0.2) is 0 Å². The van der Waals surface area contributed by atoms with Gasteiger partial charge in [0, 0.05) is 56.1 Å². The third kappa shape index (κ3) is 6.29. The lowest BCUT2D eigenvalue weighted by Crippen LogP contribution is -2.48. The Hall–Kier alpha value is -3.62. The smallest absolute Gasteiger partial charge is 0.253 e. The molecule has 0 aliphatic carbocycles. The van der Waals surface area contributed by atoms with Crippen molar-refractivity contribution in [1.82, 2.24) is 15.2 Å². The quantitative estimate of drug-likeness (QED) is 0.396. The van der Waals surface area contributed by atoms with Crippen LogP contribution in [0.1, 0.15) is 34.5 Å². The van der Waals surface area contributed by atoms with Crippen molar-refractivity contribution >= 4 is 17.4 Å². The SMILES string of the molecule is C[C@H](Cc1cccc(C(=O)N2CCN(c3ccccc3O)CC2)c1)NC[C@H](O)c1ccc(N)nc1. The van der Waals surface area contributed by atoms with Crippen LogP contribution in [0.3, 0.4) is 0 Å². The third-order valence-electron chi connectivity index (χ3n) is 6.36. The van der Waals surface area contributed by atoms with Crippen molar-refractivity contribution in [3.63, 3.8) is 0 Å². The molecule has 3 aromatic rings. The van der Waals surface area contributed by atoms with Gasteiger partial charge in [-0.3, -0.25) is 4.79 Å². The largest absolute Gasteiger partial charge is 0.506 e. The van der Waals surface area contributed by atoms with Gasteiger partial charge in [-0.15, -0.1) is 0 Å². The van der Waals surface area contributed by atoms with E-state index in [1.54, 1.807) is 24.4 Å². The van der Waals surface area contributed by atoms with Gasteiger partial charge in [0.25, 0.3) is 5.91 Å². The number of nitrogens with one attached hydrogen (secondary N) is 1. The van der Waals surface area contributed by atoms with Crippen molar-refractivity contribution in [3.8, 4) is 5.75 Å². The fraction of sp³-hybridized carbons (Fsp3) is 0.333. The van der Waals surface area contributed by atoms with Crippen molar-refractivity contribution in [2.75, 3.05) is 43.4 Å². The molecule has 0 spiro atoms. The number of hydrogen-bond acceptors (Lipinski definition) is 7. The minimum absolute atomic E-state index is 0.0238. The summed E-state index contributed by atoms with van der Waals surface area (Å²) in [7, 11) is 0. The van der Waals surface area contributed by atoms with Crippen molar-refractivity contribution < 1.29 is 15.0 Å². The number of rotatable bonds is 8. The lowest BCUT2D eigenvalue weighted by Gasteiger charge is -2.36. The minimum atomic E-state index is -0.671. The molecular formula is C27H33N5O3. The summed E-state index contributed by atoms with van der Waals surface area (Å²) in [5.41, 5.74) is 8.87. The Morgan fingerprint density at radius 1 is 1.09 bits per heavy atom. The zero-order valence-electron chi connectivity index (χ0n) is 20.0. The Balaban J connectivity index is 1.29. The van der Waals surface area contributed by atoms with Gasteiger partial charge in [-0.2, -0.15) is 0 Å². The second kappa shape index (κ2) is 11.2. The topological polar surface area (TPSA) is 115 Å². The van der Waals surface area contributed by atoms with E-state index in [2.05, 4.69) is 22.1 Å². The number of pyridine rings is 1. The summed E-state index contributed by atoms with van der Waals surface area (Å²) in [6, 6.07) is 18.6. The zero-order valence-corrected chi connectivity index (χ0v) is 20.0. The zero-order chi connectivity index (χ0) is 24.8. The molecule has 1 amide bonds. The van der Waals surface area contributed by atoms with Crippen molar-refractivity contribution in [2.24, 2.45) is 0 Å². The first-order chi connectivity index (χ1) is 16.9. The fourth-order valence-electron chi connectivity index (χ4n) is 4.37. The predicted octanol–water partition coefficient (Wildman–Crippen LogP) is 2.59. The van der Waals surface area contributed by atoms with Gasteiger partial charge in [-0.25, -0.2) is 4.98 Å². The van der Waals surface area contributed by atoms with E-state index < -0.39 is 6.10 Å². The number of carbonyl (C=O) groups is 1. The Morgan fingerprint density at radius 3 is 2.57 bits per heavy atom. The summed E-state index contributed by atoms with van der Waals surface area (Å²) in [6.45, 7) is 5.01. The molecule has 1 aromatic heterocycles. The Labute approximate surface area is 206 Å². The normalized spacial score (nSPS) is 15.6. The monoisotopic (exact) mass is 475 g/mol. The van der Waals surface area contributed by atoms with Crippen molar-refractivity contribution in [2.45, 2.75) is 25.5 Å². The molecule has 2 aromatic carbocycles. The first kappa shape index (κ1) is 24.5. The molecule has 35 heavy (non-hydrogen) atoms. The maximum absolute atomic E-state index is 13.1. The number of nitrogen functional groups attached to an aromatic ring is 1. The summed E-state index contributed by atoms with van der Waals surface area (Å²) in [5, 5.41) is 23.8. The Bertz CT molecular complexity index is 1130. The number of carbonyl (C=O) groups excluding carboxylic acids is 1. The van der Waals surface area contributed by atoms with Gasteiger partial charge < -0.3 is 31.1 Å². The molecule has 1 aliphatic heterocycles. The summed E-state index contributed by atoms with van der Waals surface area (Å²) in [6.07, 6.45) is 1.65. The van der Waals surface area contributed by atoms with Crippen LogP contribution in [0.25, 0.3) is 0 Å². The molecule has 5 N–H and O–H groups in total. The number of phenols is 1. The van der Waals surface area contributed by atoms with Crippen molar-refractivity contribution in [1.29, 1.82) is 0 Å². The van der Waals surface area contributed by atoms with E-state index in [0.717, 1.165) is 17.7 Å². The van der Waals surface area contributed by atoms with E-state index in [9.17, 15) is 15.0 Å². The predicted molar refractivity (Wildman–Crippen MR) is 137 cm³/mol. The van der Waals surface area contributed by atoms with E-state index >= 15 is 0 Å². The highest BCUT2D eigenvalue weighted by Crippen LogP contribution is 2.27. The summed E-state index contributed by atoms with van der Waals surface area (Å²) in [5.74, 6) is 0.713. The number of nitrogens with zero attached hydrogens (tertiary/aromatic N) is 3. The molecule has 8 nitrogen and oxygen atoms in total. The number of benzene rings is 2. The minimum Gasteiger partial charge on any atom is -0.506 e. The number of hydrogen-bond donors (Lipinski definition) is 4. The van der Waals surface area contributed by atoms with Crippen LogP contribution in [0.2, 0.25) is 0 Å². The molecule has 0 bridgehead atoms. The number of aromatic hydroxyl groups is 1. The fourth-order valence-corrected chi connectivity index (χ4v) is 4.37. The van der Waals surface area contributed by atoms with Gasteiger partial charge in [0.2, 0.25) is 0 Å². The average Bonchev–Trinajstić information content (AvgIpc) is 2.88. The van der Waals surface area contributed by atoms with Gasteiger partial charge in [-0.05, 0) is 49.2 Å². The van der Waals surface area contributed by atoms with Crippen LogP contribution in [0.15, 0.2) is 66.9 Å². The molecule has 4 rings (SSSR count). The average molecular weight is 476 g/mol. The molecular weight excluding hydrogens is 442 g/mol. The van der Waals surface area contributed by atoms with E-state index in [1.165, 1.54) is 0 Å². The number of piperazine rings is 1. The number of phenolic OH excluding ortho intramolecular Hbond substituents is 1. The lowest BCUT2D eigenvalue weighted by atomic mass is 10.0. The first-order valence-electron chi connectivity index (χ1n) is 11.9. The second-order valence-electron chi connectivity index (χ2n) is 9.01. The molecule has 1 saturated heterocycles. The highest BCUT2D eigenvalue weighted by atomic mass is 16.3. The van der Waals surface area contributed by atoms with Gasteiger partial charge in [0.1, 0.15) is 11.6 Å². The van der Waals surface area contributed by atoms with E-state index in [4.69, 9.17) is 5.73 Å². The van der Waals surface area contributed by atoms with Crippen LogP contribution in [-0.2, 0) is 6.42 Å². The highest BCUT2D eigenvalue weighted by Gasteiger charge is 2.23. The summed E-state index contributed by atoms with van der Waals surface area (Å²) >= 11 is 0. The number of amides is 1. The number of aliphatic hydroxyl groups is 1. The number of aromatic nitrogens is 1. The first-order valence-corrected chi connectivity index (χ1v) is 11.9. The summed E-state index contributed by atoms with van der Waals surface area (Å²) in [4.78, 5) is 21.1. The molecule has 1 fully saturated rings. The number of anilines is 2. The Kier molecular flexibility index (Phi) is 7.84. The molecule has 184 valence electrons. The lowest BCUT2D eigenvalue weighted by molar-refractivity contribution is 0.0746. The van der Waals surface area contributed by atoms with E-state index in [0.29, 0.717) is 49.7 Å². The van der Waals surface area contributed by atoms with Crippen LogP contribution in [0.5, 0.6) is 5.75 Å². The maximum atomic E-state index is 13.1. The molecule has 2 heterocycles. The Morgan fingerprint density at radius 2 is 1.86 bits per heavy atom. The number of nitrogens with two attached hydrogens (primary N) is 1. The molecule has 0 saturated carbocycles. The number of para-hydroxylation sites is 2. The summed E-state index contributed by atoms with van der Waals surface area (Å²) < 4.78 is 0. The van der Waals surface area contributed by atoms with Crippen LogP contribution in [0, 0.1) is 0 Å². The van der Waals surface area contributed by atoms with Crippen LogP contribution < -0.4 is 16.0 Å². The second-order valence-corrected chi connectivity index (χ2v) is 9.01. The van der Waals surface area contributed by atoms with E-state index in [1.807, 2.05) is 47.4 Å². The van der Waals surface area contributed by atoms with Gasteiger partial charge in [-0.1, -0.05) is 30.3 Å². The molecule has 1 aliphatic rings. The van der Waals surface area contributed by atoms with Crippen LogP contribution in [0.4, 0.5) is 11.5 Å². The third-order valence-corrected chi connectivity index (χ3v) is 6.36. The standard InChI is InChI=1S/C27H33N5O3/c1-19(29-18-25(34)22-9-10-26(28)30-17-22)15-20-5-4-6-21(16-20)27(35)32-13-11-31(12-14-32)23-7-2-3-8-24(23)33/h2-10,16-17,19,25,29,33-34H,11-15,18H2,1H3,(H2,28,30)/t19-,25+/m1/s1. The maximum Gasteiger partial charge on any atom is 0.253 e. The molecule has 0 unspecified atom stereocenters. The van der Waals surface area contributed by atoms with Crippen LogP contribution in [-0.4, -0.2) is 64.8 Å². The van der Waals surface area contributed by atoms with E-state index in [-0.39, 0.29) is 17.7 Å². The number of aliphatic hydroxyl groups excluding tert-OH is 1. The highest BCUT2D eigenvalue weighted by molar-refractivity contribution is 5.94. The van der Waals surface area contributed by atoms with Gasteiger partial charge >= 0.3 is 0 Å². The molecule has 2 atom stereocenters. The molecule has 0 radical (unpaired) electrons. The van der Waals surface area contributed by atoms with Crippen molar-refractivity contribution in [3.05, 3.63) is 83.6 Å². The molecule has 8 heteroatoms. The van der Waals surface area contributed by atoms with Crippen LogP contribution >= 0.6 is 0 Å². The van der Waals surface area contributed by atoms with Gasteiger partial charge in [0.05, 0.1) is 11.8 Å².